The number of ether oxygens (including phenoxy) is 1. The normalized spacial score (nSPS) is 35.3. The summed E-state index contributed by atoms with van der Waals surface area (Å²) in [4.78, 5) is 71.8. The number of ketones is 2. The number of amides is 2. The number of hydrogen-bond acceptors (Lipinski definition) is 8. The van der Waals surface area contributed by atoms with Crippen molar-refractivity contribution in [2.24, 2.45) is 34.3 Å². The average Bonchev–Trinajstić information content (AvgIpc) is 3.17. The summed E-state index contributed by atoms with van der Waals surface area (Å²) in [5, 5.41) is 22.9. The molecule has 0 saturated heterocycles. The van der Waals surface area contributed by atoms with E-state index in [-0.39, 0.29) is 17.1 Å². The van der Waals surface area contributed by atoms with Crippen molar-refractivity contribution in [1.29, 1.82) is 0 Å². The number of aliphatic carboxylic acids is 1. The molecular formula is C29H40N2O9. The first kappa shape index (κ1) is 29.9. The van der Waals surface area contributed by atoms with Crippen molar-refractivity contribution < 1.29 is 43.7 Å². The van der Waals surface area contributed by atoms with E-state index in [1.54, 1.807) is 0 Å². The van der Waals surface area contributed by atoms with Crippen molar-refractivity contribution >= 4 is 35.3 Å². The summed E-state index contributed by atoms with van der Waals surface area (Å²) in [7, 11) is 0. The van der Waals surface area contributed by atoms with E-state index in [0.717, 1.165) is 25.7 Å². The lowest BCUT2D eigenvalue weighted by atomic mass is 9.46. The van der Waals surface area contributed by atoms with Gasteiger partial charge in [-0.15, -0.1) is 0 Å². The fourth-order valence-electron chi connectivity index (χ4n) is 8.25. The van der Waals surface area contributed by atoms with Crippen LogP contribution in [0.3, 0.4) is 0 Å². The molecule has 4 aliphatic rings. The highest BCUT2D eigenvalue weighted by Crippen LogP contribution is 2.67. The Labute approximate surface area is 233 Å². The van der Waals surface area contributed by atoms with Crippen LogP contribution in [0.2, 0.25) is 0 Å². The first-order valence-electron chi connectivity index (χ1n) is 14.2. The minimum Gasteiger partial charge on any atom is -0.480 e. The summed E-state index contributed by atoms with van der Waals surface area (Å²) < 4.78 is 5.12. The number of carboxylic acid groups (broad SMARTS) is 1. The Kier molecular flexibility index (Phi) is 8.27. The van der Waals surface area contributed by atoms with E-state index in [9.17, 15) is 33.9 Å². The summed E-state index contributed by atoms with van der Waals surface area (Å²) in [5.41, 5.74) is 3.95. The highest BCUT2D eigenvalue weighted by molar-refractivity contribution is 5.92. The number of carboxylic acids is 1. The Morgan fingerprint density at radius 2 is 1.75 bits per heavy atom. The second-order valence-corrected chi connectivity index (χ2v) is 12.5. The molecule has 0 spiro atoms. The Bertz CT molecular complexity index is 1150. The second-order valence-electron chi connectivity index (χ2n) is 12.5. The Hall–Kier alpha value is -3.08. The third-order valence-electron chi connectivity index (χ3n) is 10.5. The molecule has 0 unspecified atom stereocenters. The molecule has 11 nitrogen and oxygen atoms in total. The van der Waals surface area contributed by atoms with Gasteiger partial charge in [-0.1, -0.05) is 19.4 Å². The van der Waals surface area contributed by atoms with Crippen LogP contribution in [0, 0.1) is 28.6 Å². The van der Waals surface area contributed by atoms with E-state index in [1.807, 2.05) is 13.0 Å². The molecule has 11 heteroatoms. The fraction of sp³-hybridized carbons (Fsp3) is 0.724. The molecule has 4 rings (SSSR count). The molecule has 7 atom stereocenters. The Morgan fingerprint density at radius 3 is 2.42 bits per heavy atom. The maximum absolute atomic E-state index is 13.3. The number of hydrogen-bond donors (Lipinski definition) is 4. The van der Waals surface area contributed by atoms with Gasteiger partial charge in [-0.2, -0.15) is 0 Å². The van der Waals surface area contributed by atoms with Gasteiger partial charge in [0.2, 0.25) is 17.6 Å². The zero-order valence-corrected chi connectivity index (χ0v) is 23.2. The number of carbonyl (C=O) groups is 6. The summed E-state index contributed by atoms with van der Waals surface area (Å²) in [6.45, 7) is 3.64. The van der Waals surface area contributed by atoms with Crippen molar-refractivity contribution in [3.8, 4) is 0 Å². The van der Waals surface area contributed by atoms with Gasteiger partial charge in [-0.25, -0.2) is 4.79 Å². The minimum absolute atomic E-state index is 0.0188. The average molecular weight is 561 g/mol. The SMILES string of the molecule is C[C@]12CCC(=O)C=C1CC[C@H]1[C@H]2CC[C@@]2(C)[C@@H]1CC[C@]2(O)C(=O)COC(=O)CCC(=O)N[C@@H](CC(N)=O)C(=O)O. The van der Waals surface area contributed by atoms with Gasteiger partial charge in [0, 0.05) is 18.3 Å². The number of fused-ring (bicyclic) bond motifs is 5. The third kappa shape index (κ3) is 5.32. The van der Waals surface area contributed by atoms with Gasteiger partial charge in [0.1, 0.15) is 11.6 Å². The van der Waals surface area contributed by atoms with Crippen LogP contribution in [0.15, 0.2) is 11.6 Å². The molecule has 0 aromatic rings. The molecule has 2 amide bonds. The number of primary amides is 1. The van der Waals surface area contributed by atoms with E-state index in [0.29, 0.717) is 37.5 Å². The zero-order valence-electron chi connectivity index (χ0n) is 23.2. The molecule has 220 valence electrons. The Balaban J connectivity index is 1.33. The molecule has 0 aromatic heterocycles. The molecule has 0 aromatic carbocycles. The minimum atomic E-state index is -1.62. The maximum Gasteiger partial charge on any atom is 0.326 e. The smallest absolute Gasteiger partial charge is 0.326 e. The van der Waals surface area contributed by atoms with Crippen molar-refractivity contribution in [2.45, 2.75) is 96.1 Å². The van der Waals surface area contributed by atoms with Crippen LogP contribution in [0.25, 0.3) is 0 Å². The highest BCUT2D eigenvalue weighted by atomic mass is 16.5. The van der Waals surface area contributed by atoms with Crippen LogP contribution in [0.1, 0.15) is 84.5 Å². The van der Waals surface area contributed by atoms with E-state index < -0.39 is 72.5 Å². The van der Waals surface area contributed by atoms with Crippen molar-refractivity contribution in [1.82, 2.24) is 5.32 Å². The molecule has 40 heavy (non-hydrogen) atoms. The summed E-state index contributed by atoms with van der Waals surface area (Å²) in [6.07, 6.45) is 6.21. The molecule has 3 saturated carbocycles. The van der Waals surface area contributed by atoms with Gasteiger partial charge < -0.3 is 26.0 Å². The quantitative estimate of drug-likeness (QED) is 0.287. The van der Waals surface area contributed by atoms with Crippen LogP contribution in [-0.2, 0) is 33.5 Å². The van der Waals surface area contributed by atoms with E-state index in [2.05, 4.69) is 12.2 Å². The lowest BCUT2D eigenvalue weighted by Crippen LogP contribution is -2.58. The molecule has 0 bridgehead atoms. The zero-order chi connectivity index (χ0) is 29.5. The molecule has 4 aliphatic carbocycles. The van der Waals surface area contributed by atoms with E-state index in [1.165, 1.54) is 5.57 Å². The number of allylic oxidation sites excluding steroid dienone is 1. The highest BCUT2D eigenvalue weighted by Gasteiger charge is 2.66. The molecule has 0 radical (unpaired) electrons. The fourth-order valence-corrected chi connectivity index (χ4v) is 8.25. The predicted octanol–water partition coefficient (Wildman–Crippen LogP) is 1.59. The Morgan fingerprint density at radius 1 is 1.05 bits per heavy atom. The summed E-state index contributed by atoms with van der Waals surface area (Å²) in [6, 6.07) is -1.50. The maximum atomic E-state index is 13.3. The number of nitrogens with two attached hydrogens (primary N) is 1. The van der Waals surface area contributed by atoms with Gasteiger partial charge in [0.15, 0.2) is 12.4 Å². The number of nitrogens with one attached hydrogen (secondary N) is 1. The first-order chi connectivity index (χ1) is 18.7. The number of rotatable bonds is 10. The van der Waals surface area contributed by atoms with E-state index >= 15 is 0 Å². The largest absolute Gasteiger partial charge is 0.480 e. The molecule has 0 aliphatic heterocycles. The summed E-state index contributed by atoms with van der Waals surface area (Å²) >= 11 is 0. The topological polar surface area (TPSA) is 190 Å². The third-order valence-corrected chi connectivity index (χ3v) is 10.5. The van der Waals surface area contributed by atoms with Crippen LogP contribution in [0.4, 0.5) is 0 Å². The number of aliphatic hydroxyl groups is 1. The van der Waals surface area contributed by atoms with Crippen molar-refractivity contribution in [2.75, 3.05) is 6.61 Å². The van der Waals surface area contributed by atoms with Crippen LogP contribution >= 0.6 is 0 Å². The lowest BCUT2D eigenvalue weighted by Gasteiger charge is -2.58. The second kappa shape index (κ2) is 11.1. The van der Waals surface area contributed by atoms with Crippen LogP contribution in [-0.4, -0.2) is 63.8 Å². The lowest BCUT2D eigenvalue weighted by molar-refractivity contribution is -0.170. The van der Waals surface area contributed by atoms with Gasteiger partial charge in [-0.3, -0.25) is 24.0 Å². The molecule has 5 N–H and O–H groups in total. The van der Waals surface area contributed by atoms with Crippen molar-refractivity contribution in [3.05, 3.63) is 11.6 Å². The van der Waals surface area contributed by atoms with Gasteiger partial charge in [-0.05, 0) is 74.2 Å². The molecular weight excluding hydrogens is 520 g/mol. The number of Topliss-reactive ketones (excluding diaryl/α,β-unsaturated/α-hetero) is 1. The number of carbonyl (C=O) groups excluding carboxylic acids is 5. The summed E-state index contributed by atoms with van der Waals surface area (Å²) in [5.74, 6) is -3.38. The first-order valence-corrected chi connectivity index (χ1v) is 14.2. The standard InChI is InChI=1S/C29H40N2O9/c1-27-10-7-17(32)13-16(27)3-4-18-19(27)8-11-28(2)20(18)9-12-29(28,39)22(33)15-40-25(36)6-5-24(35)31-21(26(37)38)14-23(30)34/h13,18-21,39H,3-12,14-15H2,1-2H3,(H2,30,34)(H,31,35)(H,37,38)/t18-,19+,20+,21-,27-,28-,29-/m0/s1. The van der Waals surface area contributed by atoms with E-state index in [4.69, 9.17) is 15.6 Å². The molecule has 0 heterocycles. The van der Waals surface area contributed by atoms with Gasteiger partial charge >= 0.3 is 11.9 Å². The van der Waals surface area contributed by atoms with Crippen LogP contribution < -0.4 is 11.1 Å². The van der Waals surface area contributed by atoms with Gasteiger partial charge in [0.05, 0.1) is 12.8 Å². The van der Waals surface area contributed by atoms with Crippen molar-refractivity contribution in [3.63, 3.8) is 0 Å². The van der Waals surface area contributed by atoms with Crippen LogP contribution in [0.5, 0.6) is 0 Å². The molecule has 3 fully saturated rings. The van der Waals surface area contributed by atoms with Gasteiger partial charge in [0.25, 0.3) is 0 Å². The predicted molar refractivity (Wildman–Crippen MR) is 140 cm³/mol. The number of esters is 1. The monoisotopic (exact) mass is 560 g/mol.